The maximum absolute atomic E-state index is 13.5. The highest BCUT2D eigenvalue weighted by Crippen LogP contribution is 2.43. The molecular weight excluding hydrogens is 500 g/mol. The van der Waals surface area contributed by atoms with E-state index in [4.69, 9.17) is 4.74 Å². The van der Waals surface area contributed by atoms with Gasteiger partial charge in [0.1, 0.15) is 0 Å². The number of carbonyl (C=O) groups is 2. The van der Waals surface area contributed by atoms with Crippen LogP contribution < -0.4 is 20.7 Å². The number of anilines is 2. The number of nitrogens with zero attached hydrogens (tertiary/aromatic N) is 1. The summed E-state index contributed by atoms with van der Waals surface area (Å²) in [5.41, 5.74) is 3.03. The molecule has 1 aliphatic rings. The molecule has 1 heterocycles. The molecule has 3 aromatic carbocycles. The fourth-order valence-corrected chi connectivity index (χ4v) is 5.00. The average molecular weight is 527 g/mol. The number of phenols is 1. The number of phenolic OH excluding ortho intramolecular Hbond substituents is 1. The van der Waals surface area contributed by atoms with Crippen molar-refractivity contribution in [1.29, 1.82) is 5.26 Å². The molecule has 0 saturated heterocycles. The molecule has 8 nitrogen and oxygen atoms in total. The van der Waals surface area contributed by atoms with Crippen molar-refractivity contribution in [3.8, 4) is 17.6 Å². The number of nitriles is 1. The van der Waals surface area contributed by atoms with Gasteiger partial charge >= 0.3 is 0 Å². The van der Waals surface area contributed by atoms with Gasteiger partial charge in [0.15, 0.2) is 11.5 Å². The van der Waals surface area contributed by atoms with Crippen molar-refractivity contribution in [2.24, 2.45) is 0 Å². The second-order valence-electron chi connectivity index (χ2n) is 8.41. The largest absolute Gasteiger partial charge is 0.504 e. The molecule has 2 amide bonds. The lowest BCUT2D eigenvalue weighted by atomic mass is 9.82. The van der Waals surface area contributed by atoms with Crippen LogP contribution >= 0.6 is 11.8 Å². The third-order valence-electron chi connectivity index (χ3n) is 5.87. The predicted molar refractivity (Wildman–Crippen MR) is 148 cm³/mol. The van der Waals surface area contributed by atoms with E-state index >= 15 is 0 Å². The van der Waals surface area contributed by atoms with Gasteiger partial charge in [0.05, 0.1) is 35.5 Å². The Morgan fingerprint density at radius 2 is 1.66 bits per heavy atom. The zero-order chi connectivity index (χ0) is 27.1. The molecule has 0 saturated carbocycles. The number of benzene rings is 3. The first kappa shape index (κ1) is 26.4. The van der Waals surface area contributed by atoms with E-state index in [-0.39, 0.29) is 34.6 Å². The van der Waals surface area contributed by atoms with Gasteiger partial charge in [-0.05, 0) is 48.9 Å². The molecule has 0 radical (unpaired) electrons. The van der Waals surface area contributed by atoms with E-state index in [1.165, 1.54) is 24.9 Å². The Morgan fingerprint density at radius 1 is 1.03 bits per heavy atom. The first-order chi connectivity index (χ1) is 18.4. The normalized spacial score (nSPS) is 14.8. The van der Waals surface area contributed by atoms with Crippen LogP contribution in [0.2, 0.25) is 0 Å². The Morgan fingerprint density at radius 3 is 2.26 bits per heavy atom. The van der Waals surface area contributed by atoms with Gasteiger partial charge in [-0.15, -0.1) is 0 Å². The van der Waals surface area contributed by atoms with Crippen molar-refractivity contribution in [2.45, 2.75) is 12.8 Å². The lowest BCUT2D eigenvalue weighted by molar-refractivity contribution is -0.114. The van der Waals surface area contributed by atoms with Crippen LogP contribution in [0.25, 0.3) is 0 Å². The number of carbonyl (C=O) groups excluding carboxylic acids is 2. The Kier molecular flexibility index (Phi) is 8.36. The molecule has 0 aliphatic carbocycles. The Balaban J connectivity index is 1.68. The Hall–Kier alpha value is -4.68. The summed E-state index contributed by atoms with van der Waals surface area (Å²) in [5, 5.41) is 29.8. The second-order valence-corrected chi connectivity index (χ2v) is 9.39. The molecule has 192 valence electrons. The van der Waals surface area contributed by atoms with Crippen LogP contribution in [0.15, 0.2) is 101 Å². The van der Waals surface area contributed by atoms with E-state index in [0.717, 1.165) is 0 Å². The van der Waals surface area contributed by atoms with Crippen LogP contribution in [0, 0.1) is 11.3 Å². The lowest BCUT2D eigenvalue weighted by Crippen LogP contribution is -2.31. The molecular formula is C29H26N4O4S. The topological polar surface area (TPSA) is 123 Å². The quantitative estimate of drug-likeness (QED) is 0.322. The number of nitrogens with one attached hydrogen (secondary N) is 3. The monoisotopic (exact) mass is 526 g/mol. The summed E-state index contributed by atoms with van der Waals surface area (Å²) in [7, 11) is 1.43. The van der Waals surface area contributed by atoms with Crippen LogP contribution in [0.3, 0.4) is 0 Å². The number of ether oxygens (including phenoxy) is 1. The molecule has 0 bridgehead atoms. The Labute approximate surface area is 225 Å². The highest BCUT2D eigenvalue weighted by Gasteiger charge is 2.35. The zero-order valence-electron chi connectivity index (χ0n) is 20.8. The van der Waals surface area contributed by atoms with E-state index < -0.39 is 5.92 Å². The van der Waals surface area contributed by atoms with Crippen LogP contribution in [0.5, 0.6) is 11.5 Å². The van der Waals surface area contributed by atoms with Crippen molar-refractivity contribution < 1.29 is 19.4 Å². The minimum atomic E-state index is -0.765. The fourth-order valence-electron chi connectivity index (χ4n) is 4.11. The lowest BCUT2D eigenvalue weighted by Gasteiger charge is -2.30. The number of aromatic hydroxyl groups is 1. The second kappa shape index (κ2) is 12.0. The smallest absolute Gasteiger partial charge is 0.254 e. The van der Waals surface area contributed by atoms with Crippen molar-refractivity contribution >= 4 is 35.0 Å². The number of amides is 2. The number of allylic oxidation sites excluding steroid dienone is 2. The molecule has 9 heteroatoms. The van der Waals surface area contributed by atoms with Crippen LogP contribution in [0.1, 0.15) is 18.4 Å². The van der Waals surface area contributed by atoms with Gasteiger partial charge in [0.2, 0.25) is 5.91 Å². The van der Waals surface area contributed by atoms with Crippen molar-refractivity contribution in [3.05, 3.63) is 106 Å². The average Bonchev–Trinajstić information content (AvgIpc) is 2.92. The Bertz CT molecular complexity index is 1450. The summed E-state index contributed by atoms with van der Waals surface area (Å²) in [6.45, 7) is 1.75. The van der Waals surface area contributed by atoms with Gasteiger partial charge in [0, 0.05) is 22.6 Å². The standard InChI is InChI=1S/C29H26N4O4S/c1-18-26(28(36)33-21-11-7-4-8-12-21)27(19-13-14-23(34)24(15-19)37-2)22(16-30)29(31-18)38-17-25(35)32-20-9-5-3-6-10-20/h3-15,27,31,34H,17H2,1-2H3,(H,32,35)(H,33,36). The number of hydrogen-bond acceptors (Lipinski definition) is 7. The van der Waals surface area contributed by atoms with E-state index in [1.807, 2.05) is 36.4 Å². The maximum Gasteiger partial charge on any atom is 0.254 e. The summed E-state index contributed by atoms with van der Waals surface area (Å²) < 4.78 is 5.29. The number of para-hydroxylation sites is 2. The van der Waals surface area contributed by atoms with E-state index in [0.29, 0.717) is 33.2 Å². The molecule has 1 unspecified atom stereocenters. The molecule has 1 aliphatic heterocycles. The molecule has 4 rings (SSSR count). The van der Waals surface area contributed by atoms with Crippen molar-refractivity contribution in [1.82, 2.24) is 5.32 Å². The molecule has 0 aromatic heterocycles. The SMILES string of the molecule is COc1cc(C2C(C#N)=C(SCC(=O)Nc3ccccc3)NC(C)=C2C(=O)Nc2ccccc2)ccc1O. The first-order valence-corrected chi connectivity index (χ1v) is 12.7. The van der Waals surface area contributed by atoms with Crippen LogP contribution in [-0.2, 0) is 9.59 Å². The maximum atomic E-state index is 13.5. The van der Waals surface area contributed by atoms with Crippen LogP contribution in [-0.4, -0.2) is 29.8 Å². The molecule has 0 spiro atoms. The predicted octanol–water partition coefficient (Wildman–Crippen LogP) is 5.11. The molecule has 1 atom stereocenters. The highest BCUT2D eigenvalue weighted by molar-refractivity contribution is 8.03. The van der Waals surface area contributed by atoms with Crippen molar-refractivity contribution in [2.75, 3.05) is 23.5 Å². The summed E-state index contributed by atoms with van der Waals surface area (Å²) in [4.78, 5) is 26.1. The fraction of sp³-hybridized carbons (Fsp3) is 0.138. The summed E-state index contributed by atoms with van der Waals surface area (Å²) in [6.07, 6.45) is 0. The van der Waals surface area contributed by atoms with Crippen molar-refractivity contribution in [3.63, 3.8) is 0 Å². The zero-order valence-corrected chi connectivity index (χ0v) is 21.6. The third-order valence-corrected chi connectivity index (χ3v) is 6.88. The highest BCUT2D eigenvalue weighted by atomic mass is 32.2. The van der Waals surface area contributed by atoms with Gasteiger partial charge < -0.3 is 25.8 Å². The number of rotatable bonds is 8. The summed E-state index contributed by atoms with van der Waals surface area (Å²) in [6, 6.07) is 25.1. The number of dihydropyridines is 1. The molecule has 4 N–H and O–H groups in total. The molecule has 38 heavy (non-hydrogen) atoms. The van der Waals surface area contributed by atoms with E-state index in [1.54, 1.807) is 43.3 Å². The van der Waals surface area contributed by atoms with Gasteiger partial charge in [-0.1, -0.05) is 54.2 Å². The third kappa shape index (κ3) is 5.99. The van der Waals surface area contributed by atoms with Crippen LogP contribution in [0.4, 0.5) is 11.4 Å². The van der Waals surface area contributed by atoms with Gasteiger partial charge in [0.25, 0.3) is 5.91 Å². The molecule has 3 aromatic rings. The van der Waals surface area contributed by atoms with Gasteiger partial charge in [-0.3, -0.25) is 9.59 Å². The number of hydrogen-bond donors (Lipinski definition) is 4. The minimum Gasteiger partial charge on any atom is -0.504 e. The summed E-state index contributed by atoms with van der Waals surface area (Å²) >= 11 is 1.18. The number of methoxy groups -OCH3 is 1. The van der Waals surface area contributed by atoms with E-state index in [2.05, 4.69) is 22.0 Å². The molecule has 0 fully saturated rings. The van der Waals surface area contributed by atoms with Gasteiger partial charge in [-0.2, -0.15) is 5.26 Å². The van der Waals surface area contributed by atoms with E-state index in [9.17, 15) is 20.0 Å². The minimum absolute atomic E-state index is 0.0485. The summed E-state index contributed by atoms with van der Waals surface area (Å²) in [5.74, 6) is -1.17. The number of thioether (sulfide) groups is 1. The first-order valence-electron chi connectivity index (χ1n) is 11.7. The van der Waals surface area contributed by atoms with Gasteiger partial charge in [-0.25, -0.2) is 0 Å².